The number of esters is 1. The van der Waals surface area contributed by atoms with Crippen LogP contribution in [0.1, 0.15) is 361 Å². The lowest BCUT2D eigenvalue weighted by atomic mass is 10.0. The van der Waals surface area contributed by atoms with Crippen LogP contribution in [0, 0.1) is 0 Å². The molecule has 474 valence electrons. The number of nitrogens with one attached hydrogen (secondary N) is 1. The van der Waals surface area contributed by atoms with Gasteiger partial charge in [0.25, 0.3) is 7.82 Å². The zero-order chi connectivity index (χ0) is 58.6. The Kier molecular flexibility index (Phi) is 59.5. The maximum atomic E-state index is 13.6. The predicted octanol–water partition coefficient (Wildman–Crippen LogP) is 21.4. The van der Waals surface area contributed by atoms with E-state index in [1.54, 1.807) is 0 Å². The minimum Gasteiger partial charge on any atom is -0.756 e. The van der Waals surface area contributed by atoms with E-state index < -0.39 is 20.0 Å². The van der Waals surface area contributed by atoms with Crippen LogP contribution in [0.25, 0.3) is 0 Å². The molecule has 3 unspecified atom stereocenters. The maximum absolute atomic E-state index is 13.6. The highest BCUT2D eigenvalue weighted by molar-refractivity contribution is 7.45. The monoisotopic (exact) mass is 1150 g/mol. The Morgan fingerprint density at radius 3 is 1.06 bits per heavy atom. The number of carbonyl (C=O) groups excluding carboxylic acids is 2. The van der Waals surface area contributed by atoms with E-state index in [1.807, 2.05) is 33.3 Å². The molecule has 0 aliphatic rings. The Balaban J connectivity index is 5.02. The van der Waals surface area contributed by atoms with Crippen molar-refractivity contribution in [3.63, 3.8) is 0 Å². The van der Waals surface area contributed by atoms with Crippen molar-refractivity contribution in [2.45, 2.75) is 373 Å². The van der Waals surface area contributed by atoms with Gasteiger partial charge in [0.1, 0.15) is 19.3 Å². The Labute approximate surface area is 498 Å². The van der Waals surface area contributed by atoms with E-state index in [4.69, 9.17) is 13.8 Å². The van der Waals surface area contributed by atoms with Gasteiger partial charge in [0.05, 0.1) is 33.8 Å². The first-order valence-electron chi connectivity index (χ1n) is 35.1. The first kappa shape index (κ1) is 78.5. The highest BCUT2D eigenvalue weighted by atomic mass is 31.2. The number of phosphoric acid groups is 1. The van der Waals surface area contributed by atoms with Crippen molar-refractivity contribution in [2.75, 3.05) is 40.9 Å². The van der Waals surface area contributed by atoms with Crippen LogP contribution in [-0.4, -0.2) is 69.4 Å². The summed E-state index contributed by atoms with van der Waals surface area (Å²) in [6.45, 7) is 6.90. The smallest absolute Gasteiger partial charge is 0.306 e. The molecule has 0 aliphatic heterocycles. The molecule has 0 aliphatic carbocycles. The quantitative estimate of drug-likeness (QED) is 0.0212. The van der Waals surface area contributed by atoms with Gasteiger partial charge in [-0.2, -0.15) is 0 Å². The lowest BCUT2D eigenvalue weighted by Gasteiger charge is -2.30. The molecule has 9 nitrogen and oxygen atoms in total. The zero-order valence-electron chi connectivity index (χ0n) is 54.3. The van der Waals surface area contributed by atoms with Crippen LogP contribution in [0.15, 0.2) is 24.3 Å². The van der Waals surface area contributed by atoms with Gasteiger partial charge in [-0.1, -0.05) is 315 Å². The molecule has 0 bridgehead atoms. The minimum absolute atomic E-state index is 0.0178. The molecule has 10 heteroatoms. The zero-order valence-corrected chi connectivity index (χ0v) is 55.2. The standard InChI is InChI=1S/C70H137N2O7P/c1-7-10-13-16-19-22-25-28-30-32-33-34-35-36-37-38-39-41-43-45-48-51-54-57-60-63-70(74)79-68(61-58-55-52-49-46-27-24-21-18-15-12-9-3)67(66-78-80(75,76)77-65-64-72(4,5)6)71-69(73)62-59-56-53-50-47-44-42-40-31-29-26-23-20-17-14-11-8-2/h28,30,58,61,67-68H,7-27,29,31-57,59-60,62-66H2,1-6H3,(H-,71,73,75,76)/b30-28+,61-58+. The third-order valence-corrected chi connectivity index (χ3v) is 17.1. The lowest BCUT2D eigenvalue weighted by molar-refractivity contribution is -0.870. The fourth-order valence-corrected chi connectivity index (χ4v) is 11.4. The van der Waals surface area contributed by atoms with Gasteiger partial charge in [-0.3, -0.25) is 14.2 Å². The molecule has 0 aromatic carbocycles. The molecule has 0 saturated carbocycles. The number of quaternary nitrogens is 1. The van der Waals surface area contributed by atoms with Gasteiger partial charge in [-0.25, -0.2) is 0 Å². The summed E-state index contributed by atoms with van der Waals surface area (Å²) in [7, 11) is 1.21. The van der Waals surface area contributed by atoms with Crippen molar-refractivity contribution < 1.29 is 37.3 Å². The molecule has 80 heavy (non-hydrogen) atoms. The van der Waals surface area contributed by atoms with Gasteiger partial charge in [0, 0.05) is 12.8 Å². The van der Waals surface area contributed by atoms with Gasteiger partial charge in [-0.05, 0) is 57.4 Å². The van der Waals surface area contributed by atoms with Crippen LogP contribution in [0.4, 0.5) is 0 Å². The van der Waals surface area contributed by atoms with Crippen LogP contribution >= 0.6 is 7.82 Å². The van der Waals surface area contributed by atoms with Gasteiger partial charge in [0.2, 0.25) is 5.91 Å². The largest absolute Gasteiger partial charge is 0.756 e. The van der Waals surface area contributed by atoms with Crippen LogP contribution in [0.3, 0.4) is 0 Å². The summed E-state index contributed by atoms with van der Waals surface area (Å²) in [6, 6.07) is -0.882. The number of phosphoric ester groups is 1. The summed E-state index contributed by atoms with van der Waals surface area (Å²) < 4.78 is 30.4. The number of unbranched alkanes of at least 4 members (excludes halogenated alkanes) is 47. The van der Waals surface area contributed by atoms with E-state index in [-0.39, 0.29) is 31.5 Å². The van der Waals surface area contributed by atoms with Crippen LogP contribution < -0.4 is 10.2 Å². The number of hydrogen-bond donors (Lipinski definition) is 1. The average Bonchev–Trinajstić information content (AvgIpc) is 3.42. The molecular weight excluding hydrogens is 1010 g/mol. The van der Waals surface area contributed by atoms with Gasteiger partial charge < -0.3 is 28.5 Å². The highest BCUT2D eigenvalue weighted by Gasteiger charge is 2.27. The van der Waals surface area contributed by atoms with Gasteiger partial charge in [-0.15, -0.1) is 0 Å². The Bertz CT molecular complexity index is 1420. The molecule has 0 aromatic heterocycles. The summed E-state index contributed by atoms with van der Waals surface area (Å²) >= 11 is 0. The molecular formula is C70H137N2O7P. The van der Waals surface area contributed by atoms with Crippen molar-refractivity contribution >= 4 is 19.7 Å². The van der Waals surface area contributed by atoms with E-state index in [0.717, 1.165) is 57.8 Å². The average molecular weight is 1150 g/mol. The number of carbonyl (C=O) groups is 2. The van der Waals surface area contributed by atoms with Crippen molar-refractivity contribution in [1.82, 2.24) is 5.32 Å². The molecule has 3 atom stereocenters. The maximum Gasteiger partial charge on any atom is 0.306 e. The Hall–Kier alpha value is -1.51. The molecule has 0 fully saturated rings. The fourth-order valence-electron chi connectivity index (χ4n) is 10.7. The molecule has 0 saturated heterocycles. The number of likely N-dealkylation sites (N-methyl/N-ethyl adjacent to an activating group) is 1. The number of allylic oxidation sites excluding steroid dienone is 3. The lowest BCUT2D eigenvalue weighted by Crippen LogP contribution is -2.47. The minimum atomic E-state index is -4.70. The Morgan fingerprint density at radius 1 is 0.425 bits per heavy atom. The van der Waals surface area contributed by atoms with Crippen molar-refractivity contribution in [2.24, 2.45) is 0 Å². The Morgan fingerprint density at radius 2 is 0.725 bits per heavy atom. The van der Waals surface area contributed by atoms with E-state index >= 15 is 0 Å². The summed E-state index contributed by atoms with van der Waals surface area (Å²) in [5.41, 5.74) is 0. The third kappa shape index (κ3) is 61.1. The molecule has 0 spiro atoms. The summed E-state index contributed by atoms with van der Waals surface area (Å²) in [6.07, 6.45) is 73.0. The van der Waals surface area contributed by atoms with E-state index in [9.17, 15) is 19.0 Å². The number of ether oxygens (including phenoxy) is 1. The molecule has 0 heterocycles. The second kappa shape index (κ2) is 60.6. The van der Waals surface area contributed by atoms with Crippen molar-refractivity contribution in [3.8, 4) is 0 Å². The summed E-state index contributed by atoms with van der Waals surface area (Å²) in [5.74, 6) is -0.518. The normalized spacial score (nSPS) is 13.6. The number of hydrogen-bond acceptors (Lipinski definition) is 7. The first-order chi connectivity index (χ1) is 38.9. The molecule has 1 amide bonds. The van der Waals surface area contributed by atoms with E-state index in [2.05, 4.69) is 38.2 Å². The molecule has 0 rings (SSSR count). The predicted molar refractivity (Wildman–Crippen MR) is 344 cm³/mol. The molecule has 1 N–H and O–H groups in total. The number of amides is 1. The van der Waals surface area contributed by atoms with E-state index in [0.29, 0.717) is 17.4 Å². The summed E-state index contributed by atoms with van der Waals surface area (Å²) in [4.78, 5) is 40.1. The highest BCUT2D eigenvalue weighted by Crippen LogP contribution is 2.38. The van der Waals surface area contributed by atoms with Gasteiger partial charge >= 0.3 is 5.97 Å². The van der Waals surface area contributed by atoms with Crippen molar-refractivity contribution in [1.29, 1.82) is 0 Å². The van der Waals surface area contributed by atoms with Crippen LogP contribution in [-0.2, 0) is 27.9 Å². The second-order valence-electron chi connectivity index (χ2n) is 25.4. The topological polar surface area (TPSA) is 114 Å². The van der Waals surface area contributed by atoms with Gasteiger partial charge in [0.15, 0.2) is 0 Å². The number of rotatable bonds is 65. The molecule has 0 aromatic rings. The fraction of sp³-hybridized carbons (Fsp3) is 0.914. The van der Waals surface area contributed by atoms with Crippen LogP contribution in [0.2, 0.25) is 0 Å². The SMILES string of the molecule is CCCCCCCC/C=C/CCCCCCCCCCCCCCCCCC(=O)OC(/C=C/CCCCCCCCCCCC)C(COP(=O)([O-])OCC[N+](C)(C)C)NC(=O)CCCCCCCCCCCCCCCCCCC. The van der Waals surface area contributed by atoms with E-state index in [1.165, 1.54) is 270 Å². The molecule has 0 radical (unpaired) electrons. The number of nitrogens with zero attached hydrogens (tertiary/aromatic N) is 1. The van der Waals surface area contributed by atoms with Crippen molar-refractivity contribution in [3.05, 3.63) is 24.3 Å². The summed E-state index contributed by atoms with van der Waals surface area (Å²) in [5, 5.41) is 3.05. The first-order valence-corrected chi connectivity index (χ1v) is 36.6. The third-order valence-electron chi connectivity index (χ3n) is 16.1. The second-order valence-corrected chi connectivity index (χ2v) is 26.8. The van der Waals surface area contributed by atoms with Crippen LogP contribution in [0.5, 0.6) is 0 Å².